The number of nitrogens with zero attached hydrogens (tertiary/aromatic N) is 1. The number of H-pyrrole nitrogens is 1. The van der Waals surface area contributed by atoms with E-state index >= 15 is 0 Å². The summed E-state index contributed by atoms with van der Waals surface area (Å²) < 4.78 is 32.7. The normalized spacial score (nSPS) is 17.7. The third kappa shape index (κ3) is 8.71. The molecule has 2 heterocycles. The van der Waals surface area contributed by atoms with E-state index in [0.29, 0.717) is 18.6 Å². The standard InChI is InChI=1S/C40H50N2O7/c1-5-6-7-8-9-10-14-25-47-35-26-37(42-27-29(2)38(43)41-39(42)44)49-36(35)28-48-40(30-15-12-11-13-16-30,31-17-21-33(45-3)22-18-31)32-19-23-34(46-4)24-20-32/h11-13,15-24,27,35-37H,5-10,14,25-26,28H2,1-4H3,(H,41,43,44)/t35-,36+,37-/m1/s1. The van der Waals surface area contributed by atoms with Crippen molar-refractivity contribution in [3.8, 4) is 11.5 Å². The Kier molecular flexibility index (Phi) is 12.9. The summed E-state index contributed by atoms with van der Waals surface area (Å²) in [5.74, 6) is 1.48. The summed E-state index contributed by atoms with van der Waals surface area (Å²) in [7, 11) is 3.30. The Hall–Kier alpha value is -4.18. The zero-order chi connectivity index (χ0) is 34.6. The highest BCUT2D eigenvalue weighted by Crippen LogP contribution is 2.43. The lowest BCUT2D eigenvalue weighted by Crippen LogP contribution is -2.38. The van der Waals surface area contributed by atoms with E-state index in [1.165, 1.54) is 36.7 Å². The molecular formula is C40H50N2O7. The molecule has 0 aliphatic carbocycles. The van der Waals surface area contributed by atoms with E-state index in [4.69, 9.17) is 23.7 Å². The molecule has 9 nitrogen and oxygen atoms in total. The van der Waals surface area contributed by atoms with Crippen molar-refractivity contribution in [2.75, 3.05) is 27.4 Å². The molecule has 3 atom stereocenters. The molecule has 49 heavy (non-hydrogen) atoms. The van der Waals surface area contributed by atoms with Gasteiger partial charge in [0.05, 0.1) is 26.9 Å². The Morgan fingerprint density at radius 3 is 1.96 bits per heavy atom. The molecule has 262 valence electrons. The fourth-order valence-electron chi connectivity index (χ4n) is 6.57. The predicted molar refractivity (Wildman–Crippen MR) is 191 cm³/mol. The lowest BCUT2D eigenvalue weighted by molar-refractivity contribution is -0.104. The smallest absolute Gasteiger partial charge is 0.330 e. The first-order valence-electron chi connectivity index (χ1n) is 17.5. The molecule has 0 amide bonds. The van der Waals surface area contributed by atoms with Crippen LogP contribution in [0.15, 0.2) is 94.6 Å². The van der Waals surface area contributed by atoms with Gasteiger partial charge in [-0.05, 0) is 54.3 Å². The molecule has 4 aromatic rings. The van der Waals surface area contributed by atoms with Crippen LogP contribution in [0.3, 0.4) is 0 Å². The minimum Gasteiger partial charge on any atom is -0.497 e. The number of aromatic nitrogens is 2. The number of methoxy groups -OCH3 is 2. The second-order valence-corrected chi connectivity index (χ2v) is 12.7. The number of unbranched alkanes of at least 4 members (excludes halogenated alkanes) is 6. The van der Waals surface area contributed by atoms with E-state index in [2.05, 4.69) is 24.0 Å². The van der Waals surface area contributed by atoms with Gasteiger partial charge in [-0.2, -0.15) is 0 Å². The van der Waals surface area contributed by atoms with E-state index in [1.807, 2.05) is 66.7 Å². The average Bonchev–Trinajstić information content (AvgIpc) is 3.54. The van der Waals surface area contributed by atoms with Crippen LogP contribution in [0.4, 0.5) is 0 Å². The maximum atomic E-state index is 12.9. The second-order valence-electron chi connectivity index (χ2n) is 12.7. The van der Waals surface area contributed by atoms with Crippen molar-refractivity contribution in [3.05, 3.63) is 128 Å². The first-order chi connectivity index (χ1) is 23.9. The Morgan fingerprint density at radius 1 is 0.796 bits per heavy atom. The molecule has 1 saturated heterocycles. The van der Waals surface area contributed by atoms with Gasteiger partial charge in [0, 0.05) is 24.8 Å². The van der Waals surface area contributed by atoms with Crippen LogP contribution >= 0.6 is 0 Å². The molecule has 1 N–H and O–H groups in total. The summed E-state index contributed by atoms with van der Waals surface area (Å²) in [6.07, 6.45) is 8.83. The second kappa shape index (κ2) is 17.5. The summed E-state index contributed by atoms with van der Waals surface area (Å²) >= 11 is 0. The van der Waals surface area contributed by atoms with E-state index in [9.17, 15) is 9.59 Å². The van der Waals surface area contributed by atoms with Crippen molar-refractivity contribution in [1.82, 2.24) is 9.55 Å². The zero-order valence-corrected chi connectivity index (χ0v) is 29.2. The Bertz CT molecular complexity index is 1650. The molecule has 5 rings (SSSR count). The number of hydrogen-bond acceptors (Lipinski definition) is 7. The molecule has 1 aliphatic rings. The highest BCUT2D eigenvalue weighted by molar-refractivity contribution is 5.49. The van der Waals surface area contributed by atoms with Crippen molar-refractivity contribution >= 4 is 0 Å². The summed E-state index contributed by atoms with van der Waals surface area (Å²) in [5, 5.41) is 0. The summed E-state index contributed by atoms with van der Waals surface area (Å²) in [4.78, 5) is 27.5. The molecule has 0 spiro atoms. The highest BCUT2D eigenvalue weighted by atomic mass is 16.6. The van der Waals surface area contributed by atoms with Crippen molar-refractivity contribution in [1.29, 1.82) is 0 Å². The minimum atomic E-state index is -1.03. The van der Waals surface area contributed by atoms with E-state index in [0.717, 1.165) is 41.0 Å². The number of nitrogens with one attached hydrogen (secondary N) is 1. The molecule has 1 aromatic heterocycles. The average molecular weight is 671 g/mol. The van der Waals surface area contributed by atoms with Crippen molar-refractivity contribution in [2.24, 2.45) is 0 Å². The Morgan fingerprint density at radius 2 is 1.37 bits per heavy atom. The van der Waals surface area contributed by atoms with Gasteiger partial charge in [-0.3, -0.25) is 14.3 Å². The summed E-state index contributed by atoms with van der Waals surface area (Å²) in [5.41, 5.74) is 1.24. The van der Waals surface area contributed by atoms with Crippen molar-refractivity contribution in [2.45, 2.75) is 89.3 Å². The topological polar surface area (TPSA) is 101 Å². The van der Waals surface area contributed by atoms with E-state index in [-0.39, 0.29) is 12.7 Å². The number of hydrogen-bond donors (Lipinski definition) is 1. The van der Waals surface area contributed by atoms with Crippen LogP contribution in [0.2, 0.25) is 0 Å². The van der Waals surface area contributed by atoms with Crippen molar-refractivity contribution < 1.29 is 23.7 Å². The predicted octanol–water partition coefficient (Wildman–Crippen LogP) is 7.29. The van der Waals surface area contributed by atoms with Gasteiger partial charge in [-0.15, -0.1) is 0 Å². The molecule has 0 radical (unpaired) electrons. The molecule has 0 saturated carbocycles. The van der Waals surface area contributed by atoms with Gasteiger partial charge in [-0.1, -0.05) is 100 Å². The third-order valence-electron chi connectivity index (χ3n) is 9.35. The lowest BCUT2D eigenvalue weighted by atomic mass is 9.80. The first-order valence-corrected chi connectivity index (χ1v) is 17.5. The SMILES string of the molecule is CCCCCCCCCO[C@@H]1C[C@H](n2cc(C)c(=O)[nH]c2=O)O[C@H]1COC(c1ccccc1)(c1ccc(OC)cc1)c1ccc(OC)cc1. The van der Waals surface area contributed by atoms with Crippen LogP contribution in [0.25, 0.3) is 0 Å². The van der Waals surface area contributed by atoms with Crippen LogP contribution in [0.1, 0.15) is 86.8 Å². The molecular weight excluding hydrogens is 620 g/mol. The number of aromatic amines is 1. The molecule has 3 aromatic carbocycles. The lowest BCUT2D eigenvalue weighted by Gasteiger charge is -2.37. The van der Waals surface area contributed by atoms with Gasteiger partial charge < -0.3 is 23.7 Å². The van der Waals surface area contributed by atoms with Gasteiger partial charge >= 0.3 is 5.69 Å². The van der Waals surface area contributed by atoms with Crippen LogP contribution in [-0.4, -0.2) is 49.2 Å². The summed E-state index contributed by atoms with van der Waals surface area (Å²) in [6.45, 7) is 4.66. The largest absolute Gasteiger partial charge is 0.497 e. The maximum absolute atomic E-state index is 12.9. The number of rotatable bonds is 18. The fourth-order valence-corrected chi connectivity index (χ4v) is 6.57. The molecule has 0 bridgehead atoms. The van der Waals surface area contributed by atoms with E-state index < -0.39 is 29.2 Å². The summed E-state index contributed by atoms with van der Waals surface area (Å²) in [6, 6.07) is 25.9. The fraction of sp³-hybridized carbons (Fsp3) is 0.450. The maximum Gasteiger partial charge on any atom is 0.330 e. The van der Waals surface area contributed by atoms with Crippen LogP contribution in [0.5, 0.6) is 11.5 Å². The van der Waals surface area contributed by atoms with Gasteiger partial charge in [-0.25, -0.2) is 4.79 Å². The Balaban J connectivity index is 1.46. The molecule has 1 aliphatic heterocycles. The number of benzene rings is 3. The third-order valence-corrected chi connectivity index (χ3v) is 9.35. The van der Waals surface area contributed by atoms with Gasteiger partial charge in [0.25, 0.3) is 5.56 Å². The van der Waals surface area contributed by atoms with Crippen LogP contribution in [-0.2, 0) is 19.8 Å². The highest BCUT2D eigenvalue weighted by Gasteiger charge is 2.43. The molecule has 0 unspecified atom stereocenters. The van der Waals surface area contributed by atoms with Crippen molar-refractivity contribution in [3.63, 3.8) is 0 Å². The molecule has 9 heteroatoms. The van der Waals surface area contributed by atoms with Crippen LogP contribution in [0, 0.1) is 6.92 Å². The van der Waals surface area contributed by atoms with Crippen LogP contribution < -0.4 is 20.7 Å². The molecule has 1 fully saturated rings. The van der Waals surface area contributed by atoms with Gasteiger partial charge in [0.15, 0.2) is 0 Å². The van der Waals surface area contributed by atoms with Gasteiger partial charge in [0.1, 0.15) is 29.4 Å². The number of ether oxygens (including phenoxy) is 5. The zero-order valence-electron chi connectivity index (χ0n) is 29.2. The minimum absolute atomic E-state index is 0.169. The van der Waals surface area contributed by atoms with Gasteiger partial charge in [0.2, 0.25) is 0 Å². The first kappa shape index (κ1) is 36.1. The number of aryl methyl sites for hydroxylation is 1. The quantitative estimate of drug-likeness (QED) is 0.0876. The Labute approximate surface area is 289 Å². The van der Waals surface area contributed by atoms with E-state index in [1.54, 1.807) is 27.3 Å². The monoisotopic (exact) mass is 670 g/mol.